The largest absolute Gasteiger partial charge is 0.381 e. The first kappa shape index (κ1) is 24.4. The average molecular weight is 497 g/mol. The quantitative estimate of drug-likeness (QED) is 0.459. The third kappa shape index (κ3) is 4.50. The summed E-state index contributed by atoms with van der Waals surface area (Å²) in [5.41, 5.74) is 1.04. The summed E-state index contributed by atoms with van der Waals surface area (Å²) in [5.74, 6) is -1.56. The van der Waals surface area contributed by atoms with Gasteiger partial charge in [0.2, 0.25) is 0 Å². The Labute approximate surface area is 206 Å². The lowest BCUT2D eigenvalue weighted by Gasteiger charge is -2.28. The third-order valence-corrected chi connectivity index (χ3v) is 5.86. The van der Waals surface area contributed by atoms with Crippen LogP contribution in [0.5, 0.6) is 0 Å². The monoisotopic (exact) mass is 496 g/mol. The number of rotatable bonds is 6. The highest BCUT2D eigenvalue weighted by atomic mass is 35.5. The summed E-state index contributed by atoms with van der Waals surface area (Å²) < 4.78 is 31.1. The molecule has 2 aromatic carbocycles. The topological polar surface area (TPSA) is 84.3 Å². The second kappa shape index (κ2) is 9.86. The number of nitriles is 1. The van der Waals surface area contributed by atoms with Gasteiger partial charge >= 0.3 is 6.03 Å². The molecule has 2 N–H and O–H groups in total. The van der Waals surface area contributed by atoms with E-state index in [1.54, 1.807) is 32.2 Å². The lowest BCUT2D eigenvalue weighted by Crippen LogP contribution is -2.41. The normalized spacial score (nSPS) is 13.6. The van der Waals surface area contributed by atoms with Crippen molar-refractivity contribution in [3.63, 3.8) is 0 Å². The molecule has 1 aromatic heterocycles. The molecule has 0 fully saturated rings. The second-order valence-corrected chi connectivity index (χ2v) is 8.56. The first-order valence-corrected chi connectivity index (χ1v) is 11.4. The van der Waals surface area contributed by atoms with Crippen LogP contribution in [0.15, 0.2) is 42.6 Å². The fraction of sp³-hybridized carbons (Fsp3) is 0.240. The highest BCUT2D eigenvalue weighted by Crippen LogP contribution is 2.45. The number of likely N-dealkylation sites (N-methyl/N-ethyl adjacent to an activating group) is 1. The van der Waals surface area contributed by atoms with E-state index in [4.69, 9.17) is 11.6 Å². The molecule has 0 aliphatic carbocycles. The van der Waals surface area contributed by atoms with Gasteiger partial charge in [0.25, 0.3) is 0 Å². The maximum Gasteiger partial charge on any atom is 0.334 e. The molecule has 180 valence electrons. The van der Waals surface area contributed by atoms with Crippen LogP contribution in [0.1, 0.15) is 19.4 Å². The smallest absolute Gasteiger partial charge is 0.334 e. The van der Waals surface area contributed by atoms with Gasteiger partial charge in [0.05, 0.1) is 22.3 Å². The van der Waals surface area contributed by atoms with Crippen molar-refractivity contribution in [2.45, 2.75) is 19.9 Å². The minimum Gasteiger partial charge on any atom is -0.381 e. The number of anilines is 4. The Morgan fingerprint density at radius 3 is 2.51 bits per heavy atom. The maximum atomic E-state index is 15.5. The van der Waals surface area contributed by atoms with Crippen LogP contribution in [0.4, 0.5) is 36.5 Å². The van der Waals surface area contributed by atoms with Gasteiger partial charge in [-0.3, -0.25) is 9.80 Å². The van der Waals surface area contributed by atoms with Crippen LogP contribution in [0.25, 0.3) is 11.1 Å². The Kier molecular flexibility index (Phi) is 6.87. The lowest BCUT2D eigenvalue weighted by molar-refractivity contribution is 0.253. The molecule has 0 saturated heterocycles. The molecule has 10 heteroatoms. The second-order valence-electron chi connectivity index (χ2n) is 8.12. The molecule has 2 amide bonds. The van der Waals surface area contributed by atoms with E-state index < -0.39 is 23.4 Å². The van der Waals surface area contributed by atoms with Gasteiger partial charge in [0.15, 0.2) is 11.6 Å². The number of hydrogen-bond donors (Lipinski definition) is 2. The molecule has 35 heavy (non-hydrogen) atoms. The van der Waals surface area contributed by atoms with E-state index in [9.17, 15) is 10.1 Å². The van der Waals surface area contributed by atoms with Crippen molar-refractivity contribution in [2.24, 2.45) is 0 Å². The van der Waals surface area contributed by atoms with Gasteiger partial charge in [0.1, 0.15) is 11.5 Å². The molecular formula is C25H23ClF2N6O. The van der Waals surface area contributed by atoms with Gasteiger partial charge in [-0.2, -0.15) is 5.26 Å². The molecule has 7 nitrogen and oxygen atoms in total. The summed E-state index contributed by atoms with van der Waals surface area (Å²) in [6, 6.07) is 9.76. The van der Waals surface area contributed by atoms with Crippen LogP contribution < -0.4 is 20.4 Å². The molecule has 0 bridgehead atoms. The number of fused-ring (bicyclic) bond motifs is 3. The van der Waals surface area contributed by atoms with Crippen molar-refractivity contribution in [3.8, 4) is 17.2 Å². The zero-order valence-electron chi connectivity index (χ0n) is 19.4. The Hall–Kier alpha value is -3.74. The number of benzene rings is 2. The van der Waals surface area contributed by atoms with Crippen molar-refractivity contribution >= 4 is 40.5 Å². The molecule has 0 radical (unpaired) electrons. The summed E-state index contributed by atoms with van der Waals surface area (Å²) in [4.78, 5) is 20.4. The number of carbonyl (C=O) groups excluding carboxylic acids is 1. The standard InChI is InChI=1S/C25H23ClF2N6O/c1-4-33-24-19(8-16(26)13-31-24)18-6-5-15(11-29)7-22(18)34(25(33)35)23-20(27)9-17(10-21(23)28)32-14(2)12-30-3/h5-10,13-14,30,32H,4,12H2,1-3H3/t14-/m0/s1. The summed E-state index contributed by atoms with van der Waals surface area (Å²) in [7, 11) is 1.78. The molecule has 0 saturated carbocycles. The molecule has 3 aromatic rings. The van der Waals surface area contributed by atoms with Gasteiger partial charge in [0, 0.05) is 42.1 Å². The van der Waals surface area contributed by atoms with Crippen LogP contribution in [0.3, 0.4) is 0 Å². The van der Waals surface area contributed by atoms with Crippen LogP contribution in [0.2, 0.25) is 5.02 Å². The van der Waals surface area contributed by atoms with Gasteiger partial charge in [-0.25, -0.2) is 18.6 Å². The number of amides is 2. The number of carbonyl (C=O) groups is 1. The zero-order valence-corrected chi connectivity index (χ0v) is 20.1. The predicted molar refractivity (Wildman–Crippen MR) is 133 cm³/mol. The number of nitrogens with zero attached hydrogens (tertiary/aromatic N) is 4. The summed E-state index contributed by atoms with van der Waals surface area (Å²) >= 11 is 6.20. The van der Waals surface area contributed by atoms with Crippen LogP contribution in [-0.4, -0.2) is 37.2 Å². The molecular weight excluding hydrogens is 474 g/mol. The van der Waals surface area contributed by atoms with Gasteiger partial charge in [-0.05, 0) is 51.2 Å². The van der Waals surface area contributed by atoms with E-state index in [2.05, 4.69) is 15.6 Å². The number of aromatic nitrogens is 1. The zero-order chi connectivity index (χ0) is 25.3. The molecule has 4 rings (SSSR count). The Morgan fingerprint density at radius 2 is 1.89 bits per heavy atom. The van der Waals surface area contributed by atoms with E-state index in [-0.39, 0.29) is 29.5 Å². The van der Waals surface area contributed by atoms with E-state index in [1.807, 2.05) is 13.0 Å². The number of halogens is 3. The minimum atomic E-state index is -0.932. The van der Waals surface area contributed by atoms with Crippen LogP contribution in [0, 0.1) is 23.0 Å². The van der Waals surface area contributed by atoms with Gasteiger partial charge in [-0.15, -0.1) is 0 Å². The lowest BCUT2D eigenvalue weighted by atomic mass is 10.0. The molecule has 1 aliphatic heterocycles. The van der Waals surface area contributed by atoms with Crippen molar-refractivity contribution in [1.82, 2.24) is 10.3 Å². The number of hydrogen-bond acceptors (Lipinski definition) is 5. The first-order chi connectivity index (χ1) is 16.8. The van der Waals surface area contributed by atoms with Gasteiger partial charge < -0.3 is 10.6 Å². The third-order valence-electron chi connectivity index (χ3n) is 5.65. The SMILES string of the molecule is CCN1C(=O)N(c2c(F)cc(N[C@@H](C)CNC)cc2F)c2cc(C#N)ccc2-c2cc(Cl)cnc21. The molecule has 0 unspecified atom stereocenters. The maximum absolute atomic E-state index is 15.5. The van der Waals surface area contributed by atoms with E-state index in [1.165, 1.54) is 17.2 Å². The van der Waals surface area contributed by atoms with Crippen LogP contribution >= 0.6 is 11.6 Å². The predicted octanol–water partition coefficient (Wildman–Crippen LogP) is 5.67. The Balaban J connectivity index is 1.95. The van der Waals surface area contributed by atoms with Gasteiger partial charge in [-0.1, -0.05) is 17.7 Å². The Morgan fingerprint density at radius 1 is 1.17 bits per heavy atom. The van der Waals surface area contributed by atoms with E-state index in [0.29, 0.717) is 28.5 Å². The molecule has 1 aliphatic rings. The summed E-state index contributed by atoms with van der Waals surface area (Å²) in [5, 5.41) is 15.8. The number of pyridine rings is 1. The fourth-order valence-electron chi connectivity index (χ4n) is 4.18. The van der Waals surface area contributed by atoms with E-state index >= 15 is 8.78 Å². The highest BCUT2D eigenvalue weighted by molar-refractivity contribution is 6.31. The number of urea groups is 1. The van der Waals surface area contributed by atoms with E-state index in [0.717, 1.165) is 17.0 Å². The van der Waals surface area contributed by atoms with Crippen molar-refractivity contribution < 1.29 is 13.6 Å². The Bertz CT molecular complexity index is 1320. The first-order valence-electron chi connectivity index (χ1n) is 11.0. The molecule has 2 heterocycles. The number of nitrogens with one attached hydrogen (secondary N) is 2. The summed E-state index contributed by atoms with van der Waals surface area (Å²) in [6.07, 6.45) is 1.41. The fourth-order valence-corrected chi connectivity index (χ4v) is 4.34. The van der Waals surface area contributed by atoms with Crippen molar-refractivity contribution in [1.29, 1.82) is 5.26 Å². The highest BCUT2D eigenvalue weighted by Gasteiger charge is 2.36. The van der Waals surface area contributed by atoms with Crippen molar-refractivity contribution in [2.75, 3.05) is 35.3 Å². The summed E-state index contributed by atoms with van der Waals surface area (Å²) in [6.45, 7) is 4.36. The minimum absolute atomic E-state index is 0.0933. The molecule has 1 atom stereocenters. The van der Waals surface area contributed by atoms with Crippen molar-refractivity contribution in [3.05, 3.63) is 64.8 Å². The molecule has 0 spiro atoms. The average Bonchev–Trinajstić information content (AvgIpc) is 2.91. The van der Waals surface area contributed by atoms with Crippen LogP contribution in [-0.2, 0) is 0 Å².